The number of hydrogen-bond donors (Lipinski definition) is 0. The zero-order valence-corrected chi connectivity index (χ0v) is 7.89. The molecule has 0 spiro atoms. The van der Waals surface area contributed by atoms with Crippen LogP contribution in [0.4, 0.5) is 0 Å². The average Bonchev–Trinajstić information content (AvgIpc) is 1.41. The third-order valence-corrected chi connectivity index (χ3v) is 1.18. The van der Waals surface area contributed by atoms with E-state index >= 15 is 0 Å². The maximum Gasteiger partial charge on any atom is -0.147 e. The van der Waals surface area contributed by atoms with E-state index in [-0.39, 0.29) is 24.8 Å². The summed E-state index contributed by atoms with van der Waals surface area (Å²) in [5, 5.41) is 1.28. The molecule has 0 aromatic heterocycles. The van der Waals surface area contributed by atoms with Crippen LogP contribution in [-0.2, 0) is 0 Å². The van der Waals surface area contributed by atoms with Crippen molar-refractivity contribution in [2.45, 2.75) is 25.0 Å². The molecule has 0 aliphatic heterocycles. The van der Waals surface area contributed by atoms with Gasteiger partial charge in [0.1, 0.15) is 0 Å². The van der Waals surface area contributed by atoms with Gasteiger partial charge in [-0.3, -0.25) is 0 Å². The smallest absolute Gasteiger partial charge is 0.147 e. The van der Waals surface area contributed by atoms with E-state index in [0.29, 0.717) is 0 Å². The minimum atomic E-state index is 0. The zero-order valence-electron chi connectivity index (χ0n) is 4.39. The van der Waals surface area contributed by atoms with Crippen molar-refractivity contribution in [3.63, 3.8) is 0 Å². The van der Waals surface area contributed by atoms with Crippen LogP contribution in [0.1, 0.15) is 19.8 Å². The molecule has 3 heteroatoms. The number of rotatable bonds is 2. The normalized spacial score (nSPS) is 6.00. The summed E-state index contributed by atoms with van der Waals surface area (Å²) in [6.07, 6.45) is 2.69. The summed E-state index contributed by atoms with van der Waals surface area (Å²) in [4.78, 5) is 0. The Morgan fingerprint density at radius 2 is 1.71 bits per heavy atom. The quantitative estimate of drug-likeness (QED) is 0.606. The Balaban J connectivity index is -0.0000000800. The molecule has 0 bridgehead atoms. The van der Waals surface area contributed by atoms with Crippen molar-refractivity contribution in [3.8, 4) is 0 Å². The van der Waals surface area contributed by atoms with Gasteiger partial charge >= 0.3 is 41.8 Å². The summed E-state index contributed by atoms with van der Waals surface area (Å²) in [6.45, 7) is 2.20. The fourth-order valence-electron chi connectivity index (χ4n) is 0.158. The van der Waals surface area contributed by atoms with E-state index in [1.807, 2.05) is 0 Å². The van der Waals surface area contributed by atoms with E-state index in [1.54, 1.807) is 0 Å². The van der Waals surface area contributed by atoms with Crippen molar-refractivity contribution in [2.24, 2.45) is 0 Å². The van der Waals surface area contributed by atoms with Crippen LogP contribution in [0.2, 0.25) is 5.21 Å². The summed E-state index contributed by atoms with van der Waals surface area (Å²) in [6, 6.07) is 0. The second kappa shape index (κ2) is 15.7. The SMILES string of the molecule is CCCC[As].Cl.Cl. The van der Waals surface area contributed by atoms with Crippen LogP contribution in [0.25, 0.3) is 0 Å². The average molecular weight is 205 g/mol. The van der Waals surface area contributed by atoms with Gasteiger partial charge in [0.05, 0.1) is 0 Å². The zero-order chi connectivity index (χ0) is 4.12. The summed E-state index contributed by atoms with van der Waals surface area (Å²) in [5.74, 6) is 0. The molecule has 0 nitrogen and oxygen atoms in total. The maximum atomic E-state index is 2.58. The Morgan fingerprint density at radius 1 is 1.29 bits per heavy atom. The van der Waals surface area contributed by atoms with Gasteiger partial charge in [-0.05, 0) is 0 Å². The van der Waals surface area contributed by atoms with Crippen molar-refractivity contribution in [2.75, 3.05) is 0 Å². The first-order valence-corrected chi connectivity index (χ1v) is 3.35. The Labute approximate surface area is 66.8 Å². The van der Waals surface area contributed by atoms with Gasteiger partial charge in [0.25, 0.3) is 0 Å². The minimum absolute atomic E-state index is 0. The van der Waals surface area contributed by atoms with Crippen LogP contribution in [0.5, 0.6) is 0 Å². The first-order chi connectivity index (χ1) is 2.41. The summed E-state index contributed by atoms with van der Waals surface area (Å²) in [7, 11) is 0. The molecule has 0 aliphatic rings. The molecule has 0 saturated heterocycles. The first kappa shape index (κ1) is 15.7. The number of unbranched alkanes of at least 4 members (excludes halogenated alkanes) is 1. The molecule has 0 unspecified atom stereocenters. The van der Waals surface area contributed by atoms with Crippen LogP contribution in [-0.4, -0.2) is 16.9 Å². The van der Waals surface area contributed by atoms with Gasteiger partial charge in [-0.2, -0.15) is 0 Å². The molecular formula is C4H11AsCl2. The summed E-state index contributed by atoms with van der Waals surface area (Å²) >= 11 is 2.58. The van der Waals surface area contributed by atoms with Gasteiger partial charge in [-0.15, -0.1) is 24.8 Å². The van der Waals surface area contributed by atoms with Crippen LogP contribution in [0, 0.1) is 0 Å². The van der Waals surface area contributed by atoms with Crippen molar-refractivity contribution in [1.29, 1.82) is 0 Å². The van der Waals surface area contributed by atoms with E-state index in [4.69, 9.17) is 0 Å². The van der Waals surface area contributed by atoms with Crippen molar-refractivity contribution in [3.05, 3.63) is 0 Å². The molecule has 0 rings (SSSR count). The fourth-order valence-corrected chi connectivity index (χ4v) is 0.822. The second-order valence-corrected chi connectivity index (χ2v) is 2.02. The van der Waals surface area contributed by atoms with Crippen molar-refractivity contribution in [1.82, 2.24) is 0 Å². The van der Waals surface area contributed by atoms with Crippen LogP contribution in [0.3, 0.4) is 0 Å². The fraction of sp³-hybridized carbons (Fsp3) is 1.00. The molecular weight excluding hydrogens is 194 g/mol. The molecule has 0 aromatic rings. The third kappa shape index (κ3) is 19.1. The minimum Gasteiger partial charge on any atom is -0.147 e. The molecule has 0 aromatic carbocycles. The van der Waals surface area contributed by atoms with Crippen molar-refractivity contribution >= 4 is 41.7 Å². The molecule has 0 saturated carbocycles. The molecule has 0 fully saturated rings. The maximum absolute atomic E-state index is 2.58. The predicted octanol–water partition coefficient (Wildman–Crippen LogP) is 2.22. The Kier molecular flexibility index (Phi) is 35.2. The molecule has 0 heterocycles. The van der Waals surface area contributed by atoms with Gasteiger partial charge in [-0.1, -0.05) is 0 Å². The first-order valence-electron chi connectivity index (χ1n) is 2.02. The number of halogens is 2. The summed E-state index contributed by atoms with van der Waals surface area (Å²) < 4.78 is 0. The van der Waals surface area contributed by atoms with Crippen LogP contribution >= 0.6 is 24.8 Å². The molecule has 7 heavy (non-hydrogen) atoms. The molecule has 0 atom stereocenters. The van der Waals surface area contributed by atoms with E-state index in [9.17, 15) is 0 Å². The second-order valence-electron chi connectivity index (χ2n) is 1.08. The molecule has 2 radical (unpaired) electrons. The van der Waals surface area contributed by atoms with Gasteiger partial charge in [0.2, 0.25) is 0 Å². The molecule has 0 aliphatic carbocycles. The van der Waals surface area contributed by atoms with E-state index in [0.717, 1.165) is 0 Å². The van der Waals surface area contributed by atoms with E-state index in [2.05, 4.69) is 23.8 Å². The molecule has 0 amide bonds. The van der Waals surface area contributed by atoms with Crippen LogP contribution in [0.15, 0.2) is 0 Å². The van der Waals surface area contributed by atoms with Gasteiger partial charge in [0.15, 0.2) is 0 Å². The standard InChI is InChI=1S/C4H9As.2ClH/c1-2-3-4-5;;/h2-4H2,1H3;2*1H. The summed E-state index contributed by atoms with van der Waals surface area (Å²) in [5.41, 5.74) is 0. The predicted molar refractivity (Wildman–Crippen MR) is 40.0 cm³/mol. The van der Waals surface area contributed by atoms with Gasteiger partial charge < -0.3 is 0 Å². The topological polar surface area (TPSA) is 0 Å². The number of hydrogen-bond acceptors (Lipinski definition) is 0. The van der Waals surface area contributed by atoms with E-state index < -0.39 is 0 Å². The van der Waals surface area contributed by atoms with Crippen LogP contribution < -0.4 is 0 Å². The molecule has 0 N–H and O–H groups in total. The Bertz CT molecular complexity index is 17.2. The monoisotopic (exact) mass is 204 g/mol. The van der Waals surface area contributed by atoms with E-state index in [1.165, 1.54) is 18.1 Å². The Hall–Kier alpha value is 1.14. The molecule has 46 valence electrons. The van der Waals surface area contributed by atoms with Gasteiger partial charge in [0, 0.05) is 0 Å². The Morgan fingerprint density at radius 3 is 1.71 bits per heavy atom. The largest absolute Gasteiger partial charge is 0.147 e. The van der Waals surface area contributed by atoms with Crippen molar-refractivity contribution < 1.29 is 0 Å². The van der Waals surface area contributed by atoms with Gasteiger partial charge in [-0.25, -0.2) is 0 Å². The third-order valence-electron chi connectivity index (χ3n) is 0.512.